The summed E-state index contributed by atoms with van der Waals surface area (Å²) in [5.74, 6) is 1.60. The van der Waals surface area contributed by atoms with Crippen molar-refractivity contribution in [1.82, 2.24) is 4.57 Å². The summed E-state index contributed by atoms with van der Waals surface area (Å²) in [4.78, 5) is 19.9. The number of benzene rings is 3. The third-order valence-corrected chi connectivity index (χ3v) is 9.53. The maximum absolute atomic E-state index is 14.0. The summed E-state index contributed by atoms with van der Waals surface area (Å²) in [6, 6.07) is 20.3. The topological polar surface area (TPSA) is 52.8 Å². The van der Waals surface area contributed by atoms with Crippen molar-refractivity contribution in [2.75, 3.05) is 13.7 Å². The Balaban J connectivity index is 1.55. The van der Waals surface area contributed by atoms with Gasteiger partial charge in [0.25, 0.3) is 5.56 Å². The van der Waals surface area contributed by atoms with E-state index in [-0.39, 0.29) is 11.6 Å². The van der Waals surface area contributed by atoms with Crippen molar-refractivity contribution >= 4 is 68.3 Å². The number of hydrogen-bond donors (Lipinski definition) is 0. The summed E-state index contributed by atoms with van der Waals surface area (Å²) in [5.41, 5.74) is 6.56. The summed E-state index contributed by atoms with van der Waals surface area (Å²) in [7, 11) is 1.67. The Labute approximate surface area is 257 Å². The first-order chi connectivity index (χ1) is 19.0. The second kappa shape index (κ2) is 11.1. The van der Waals surface area contributed by atoms with E-state index in [4.69, 9.17) is 14.5 Å². The molecule has 5 nitrogen and oxygen atoms in total. The van der Waals surface area contributed by atoms with Crippen LogP contribution in [0.2, 0.25) is 0 Å². The lowest BCUT2D eigenvalue weighted by molar-refractivity contribution is 0.358. The molecule has 196 valence electrons. The van der Waals surface area contributed by atoms with Gasteiger partial charge in [0.15, 0.2) is 4.80 Å². The quantitative estimate of drug-likeness (QED) is 0.177. The van der Waals surface area contributed by atoms with E-state index < -0.39 is 0 Å². The van der Waals surface area contributed by atoms with Gasteiger partial charge in [0.1, 0.15) is 18.1 Å². The lowest BCUT2D eigenvalue weighted by atomic mass is 9.83. The predicted octanol–water partition coefficient (Wildman–Crippen LogP) is 6.10. The maximum Gasteiger partial charge on any atom is 0.271 e. The summed E-state index contributed by atoms with van der Waals surface area (Å²) in [6.07, 6.45) is 5.47. The number of thiazole rings is 1. The molecule has 0 fully saturated rings. The number of aryl methyl sites for hydroxylation is 1. The molecule has 1 atom stereocenters. The van der Waals surface area contributed by atoms with Crippen LogP contribution in [0.5, 0.6) is 11.5 Å². The molecule has 2 aliphatic rings. The van der Waals surface area contributed by atoms with Crippen molar-refractivity contribution in [3.63, 3.8) is 0 Å². The molecule has 1 aromatic heterocycles. The van der Waals surface area contributed by atoms with Crippen molar-refractivity contribution < 1.29 is 9.47 Å². The van der Waals surface area contributed by atoms with Crippen LogP contribution in [0.3, 0.4) is 0 Å². The minimum atomic E-state index is -0.239. The van der Waals surface area contributed by atoms with Gasteiger partial charge in [-0.3, -0.25) is 9.36 Å². The molecule has 0 N–H and O–H groups in total. The van der Waals surface area contributed by atoms with Gasteiger partial charge in [-0.25, -0.2) is 4.99 Å². The monoisotopic (exact) mass is 758 g/mol. The minimum Gasteiger partial charge on any atom is -0.497 e. The van der Waals surface area contributed by atoms with Crippen LogP contribution in [0, 0.1) is 7.14 Å². The molecule has 0 bridgehead atoms. The zero-order valence-electron chi connectivity index (χ0n) is 21.1. The number of hydrogen-bond acceptors (Lipinski definition) is 5. The Kier molecular flexibility index (Phi) is 7.52. The van der Waals surface area contributed by atoms with Crippen molar-refractivity contribution in [3.8, 4) is 11.5 Å². The minimum absolute atomic E-state index is 0.0334. The van der Waals surface area contributed by atoms with Crippen LogP contribution >= 0.6 is 56.5 Å². The molecule has 0 radical (unpaired) electrons. The fourth-order valence-electron chi connectivity index (χ4n) is 5.23. The average Bonchev–Trinajstić information content (AvgIpc) is 3.25. The van der Waals surface area contributed by atoms with Gasteiger partial charge >= 0.3 is 0 Å². The Morgan fingerprint density at radius 2 is 1.90 bits per heavy atom. The number of nitrogens with zero attached hydrogens (tertiary/aromatic N) is 2. The Hall–Kier alpha value is -2.70. The molecule has 0 unspecified atom stereocenters. The van der Waals surface area contributed by atoms with Gasteiger partial charge in [-0.05, 0) is 111 Å². The van der Waals surface area contributed by atoms with Crippen LogP contribution < -0.4 is 24.4 Å². The smallest absolute Gasteiger partial charge is 0.271 e. The third-order valence-electron chi connectivity index (χ3n) is 6.95. The number of methoxy groups -OCH3 is 1. The molecule has 0 amide bonds. The van der Waals surface area contributed by atoms with Gasteiger partial charge in [0, 0.05) is 5.56 Å². The van der Waals surface area contributed by atoms with E-state index in [1.54, 1.807) is 13.2 Å². The predicted molar refractivity (Wildman–Crippen MR) is 173 cm³/mol. The molecule has 0 spiro atoms. The molecule has 6 rings (SSSR count). The fourth-order valence-corrected chi connectivity index (χ4v) is 8.36. The lowest BCUT2D eigenvalue weighted by Gasteiger charge is -2.31. The number of aromatic nitrogens is 1. The highest BCUT2D eigenvalue weighted by Gasteiger charge is 2.32. The van der Waals surface area contributed by atoms with Crippen LogP contribution in [0.1, 0.15) is 34.7 Å². The van der Waals surface area contributed by atoms with Crippen molar-refractivity contribution in [2.24, 2.45) is 4.99 Å². The van der Waals surface area contributed by atoms with Crippen LogP contribution in [0.4, 0.5) is 0 Å². The molecule has 3 aromatic carbocycles. The van der Waals surface area contributed by atoms with Crippen LogP contribution in [0.15, 0.2) is 88.7 Å². The molecule has 0 saturated heterocycles. The molecular formula is C31H24I2N2O3S. The number of halogens is 2. The van der Waals surface area contributed by atoms with E-state index in [1.807, 2.05) is 41.0 Å². The third kappa shape index (κ3) is 4.91. The molecule has 39 heavy (non-hydrogen) atoms. The molecule has 2 heterocycles. The second-order valence-electron chi connectivity index (χ2n) is 9.30. The van der Waals surface area contributed by atoms with Crippen LogP contribution in [-0.2, 0) is 6.42 Å². The van der Waals surface area contributed by atoms with E-state index in [9.17, 15) is 4.79 Å². The summed E-state index contributed by atoms with van der Waals surface area (Å²) < 4.78 is 15.9. The molecule has 1 aliphatic heterocycles. The number of fused-ring (bicyclic) bond motifs is 3. The molecule has 8 heteroatoms. The van der Waals surface area contributed by atoms with Crippen molar-refractivity contribution in [1.29, 1.82) is 0 Å². The highest BCUT2D eigenvalue weighted by molar-refractivity contribution is 14.1. The first-order valence-electron chi connectivity index (χ1n) is 12.5. The number of allylic oxidation sites excluding steroid dienone is 1. The molecule has 4 aromatic rings. The zero-order chi connectivity index (χ0) is 27.1. The van der Waals surface area contributed by atoms with Crippen LogP contribution in [0.25, 0.3) is 11.8 Å². The van der Waals surface area contributed by atoms with Crippen molar-refractivity contribution in [3.05, 3.63) is 128 Å². The second-order valence-corrected chi connectivity index (χ2v) is 12.6. The lowest BCUT2D eigenvalue weighted by Crippen LogP contribution is -2.38. The van der Waals surface area contributed by atoms with Gasteiger partial charge in [0.2, 0.25) is 0 Å². The van der Waals surface area contributed by atoms with Gasteiger partial charge < -0.3 is 9.47 Å². The normalized spacial score (nSPS) is 16.2. The number of ether oxygens (including phenoxy) is 2. The van der Waals surface area contributed by atoms with E-state index in [1.165, 1.54) is 22.5 Å². The Morgan fingerprint density at radius 1 is 1.10 bits per heavy atom. The van der Waals surface area contributed by atoms with E-state index in [0.29, 0.717) is 15.9 Å². The average molecular weight is 758 g/mol. The molecule has 0 saturated carbocycles. The van der Waals surface area contributed by atoms with Crippen molar-refractivity contribution in [2.45, 2.75) is 18.9 Å². The standard InChI is InChI=1S/C31H24I2N2O3S/c1-3-13-38-29-24(32)14-18(15-25(29)33)16-26-30(36)35-28(20-8-6-9-21(17-20)37-2)23-12-11-19-7-4-5-10-22(19)27(23)34-31(35)39-26/h3-10,14-17,28H,1,11-13H2,2H3/b26-16+/t28-/m1/s1. The Bertz CT molecular complexity index is 1810. The van der Waals surface area contributed by atoms with Crippen LogP contribution in [-0.4, -0.2) is 18.3 Å². The first kappa shape index (κ1) is 26.5. The molecule has 1 aliphatic carbocycles. The van der Waals surface area contributed by atoms with E-state index in [2.05, 4.69) is 82.1 Å². The zero-order valence-corrected chi connectivity index (χ0v) is 26.2. The van der Waals surface area contributed by atoms with Gasteiger partial charge in [-0.15, -0.1) is 0 Å². The summed E-state index contributed by atoms with van der Waals surface area (Å²) in [5, 5.41) is 0. The van der Waals surface area contributed by atoms with E-state index in [0.717, 1.165) is 53.9 Å². The van der Waals surface area contributed by atoms with Gasteiger partial charge in [-0.1, -0.05) is 60.4 Å². The highest BCUT2D eigenvalue weighted by atomic mass is 127. The largest absolute Gasteiger partial charge is 0.497 e. The highest BCUT2D eigenvalue weighted by Crippen LogP contribution is 2.41. The maximum atomic E-state index is 14.0. The van der Waals surface area contributed by atoms with E-state index >= 15 is 0 Å². The summed E-state index contributed by atoms with van der Waals surface area (Å²) in [6.45, 7) is 4.18. The molecular weight excluding hydrogens is 734 g/mol. The van der Waals surface area contributed by atoms with Gasteiger partial charge in [0.05, 0.1) is 30.5 Å². The Morgan fingerprint density at radius 3 is 2.67 bits per heavy atom. The fraction of sp³-hybridized carbons (Fsp3) is 0.161. The SMILES string of the molecule is C=CCOc1c(I)cc(/C=c2/sc3n(c2=O)[C@H](c2cccc(OC)c2)C2=C(N=3)c3ccccc3CC2)cc1I. The first-order valence-corrected chi connectivity index (χ1v) is 15.5. The van der Waals surface area contributed by atoms with Gasteiger partial charge in [-0.2, -0.15) is 0 Å². The number of rotatable bonds is 6. The summed E-state index contributed by atoms with van der Waals surface area (Å²) >= 11 is 6.00.